The monoisotopic (exact) mass is 230 g/mol. The molecule has 2 rings (SSSR count). The largest absolute Gasteiger partial charge is 0.325 e. The molecule has 0 fully saturated rings. The minimum Gasteiger partial charge on any atom is -0.325 e. The maximum absolute atomic E-state index is 12.7. The standard InChI is InChI=1S/C13H11FN2O/c1-9(17)16-12-6-7-13(15-8-12)10-2-4-11(14)5-3-10/h2-8H,1H3,(H,16,17). The Morgan fingerprint density at radius 2 is 1.88 bits per heavy atom. The number of hydrogen-bond acceptors (Lipinski definition) is 2. The number of nitrogens with zero attached hydrogens (tertiary/aromatic N) is 1. The number of amides is 1. The van der Waals surface area contributed by atoms with Gasteiger partial charge in [0, 0.05) is 12.5 Å². The fraction of sp³-hybridized carbons (Fsp3) is 0.0769. The molecule has 1 heterocycles. The van der Waals surface area contributed by atoms with Gasteiger partial charge in [-0.25, -0.2) is 4.39 Å². The maximum atomic E-state index is 12.7. The summed E-state index contributed by atoms with van der Waals surface area (Å²) in [6.45, 7) is 1.44. The van der Waals surface area contributed by atoms with Gasteiger partial charge in [0.2, 0.25) is 5.91 Å². The second-order valence-corrected chi connectivity index (χ2v) is 3.62. The van der Waals surface area contributed by atoms with Crippen LogP contribution >= 0.6 is 0 Å². The number of benzene rings is 1. The zero-order valence-corrected chi connectivity index (χ0v) is 9.27. The summed E-state index contributed by atoms with van der Waals surface area (Å²) in [4.78, 5) is 15.0. The fourth-order valence-corrected chi connectivity index (χ4v) is 1.46. The van der Waals surface area contributed by atoms with E-state index in [4.69, 9.17) is 0 Å². The Morgan fingerprint density at radius 1 is 1.18 bits per heavy atom. The van der Waals surface area contributed by atoms with Gasteiger partial charge in [0.25, 0.3) is 0 Å². The van der Waals surface area contributed by atoms with E-state index in [1.807, 2.05) is 0 Å². The molecule has 86 valence electrons. The average molecular weight is 230 g/mol. The number of nitrogens with one attached hydrogen (secondary N) is 1. The number of anilines is 1. The Hall–Kier alpha value is -2.23. The molecule has 0 atom stereocenters. The first-order valence-electron chi connectivity index (χ1n) is 5.15. The van der Waals surface area contributed by atoms with Gasteiger partial charge < -0.3 is 5.32 Å². The molecule has 1 aromatic carbocycles. The molecule has 2 aromatic rings. The molecule has 0 spiro atoms. The third kappa shape index (κ3) is 2.87. The minimum atomic E-state index is -0.274. The van der Waals surface area contributed by atoms with Crippen molar-refractivity contribution in [2.45, 2.75) is 6.92 Å². The first-order chi connectivity index (χ1) is 8.15. The Kier molecular flexibility index (Phi) is 3.14. The number of aromatic nitrogens is 1. The first-order valence-corrected chi connectivity index (χ1v) is 5.15. The Morgan fingerprint density at radius 3 is 2.41 bits per heavy atom. The van der Waals surface area contributed by atoms with E-state index in [0.717, 1.165) is 11.3 Å². The molecule has 0 saturated heterocycles. The zero-order valence-electron chi connectivity index (χ0n) is 9.27. The summed E-state index contributed by atoms with van der Waals surface area (Å²) in [6, 6.07) is 9.63. The van der Waals surface area contributed by atoms with E-state index in [0.29, 0.717) is 5.69 Å². The lowest BCUT2D eigenvalue weighted by molar-refractivity contribution is -0.114. The normalized spacial score (nSPS) is 10.0. The molecule has 0 radical (unpaired) electrons. The lowest BCUT2D eigenvalue weighted by Gasteiger charge is -2.03. The van der Waals surface area contributed by atoms with Crippen LogP contribution in [0.15, 0.2) is 42.6 Å². The average Bonchev–Trinajstić information content (AvgIpc) is 2.30. The first kappa shape index (κ1) is 11.3. The number of carbonyl (C=O) groups is 1. The summed E-state index contributed by atoms with van der Waals surface area (Å²) in [5.41, 5.74) is 2.21. The molecule has 4 heteroatoms. The highest BCUT2D eigenvalue weighted by Gasteiger charge is 2.00. The Labute approximate surface area is 98.3 Å². The van der Waals surface area contributed by atoms with Crippen molar-refractivity contribution >= 4 is 11.6 Å². The van der Waals surface area contributed by atoms with Gasteiger partial charge >= 0.3 is 0 Å². The smallest absolute Gasteiger partial charge is 0.221 e. The number of halogens is 1. The van der Waals surface area contributed by atoms with Crippen LogP contribution in [0.3, 0.4) is 0 Å². The number of pyridine rings is 1. The summed E-state index contributed by atoms with van der Waals surface area (Å²) >= 11 is 0. The predicted molar refractivity (Wildman–Crippen MR) is 63.9 cm³/mol. The topological polar surface area (TPSA) is 42.0 Å². The highest BCUT2D eigenvalue weighted by atomic mass is 19.1. The molecule has 0 aliphatic carbocycles. The lowest BCUT2D eigenvalue weighted by atomic mass is 10.1. The van der Waals surface area contributed by atoms with Crippen LogP contribution in [-0.4, -0.2) is 10.9 Å². The molecule has 1 amide bonds. The van der Waals surface area contributed by atoms with Crippen molar-refractivity contribution < 1.29 is 9.18 Å². The van der Waals surface area contributed by atoms with Gasteiger partial charge in [0.05, 0.1) is 17.6 Å². The van der Waals surface area contributed by atoms with Crippen molar-refractivity contribution in [2.24, 2.45) is 0 Å². The van der Waals surface area contributed by atoms with Crippen LogP contribution in [0.1, 0.15) is 6.92 Å². The van der Waals surface area contributed by atoms with Crippen LogP contribution < -0.4 is 5.32 Å². The van der Waals surface area contributed by atoms with E-state index in [-0.39, 0.29) is 11.7 Å². The Bertz CT molecular complexity index is 520. The van der Waals surface area contributed by atoms with E-state index in [2.05, 4.69) is 10.3 Å². The van der Waals surface area contributed by atoms with Crippen LogP contribution in [0.25, 0.3) is 11.3 Å². The maximum Gasteiger partial charge on any atom is 0.221 e. The highest BCUT2D eigenvalue weighted by molar-refractivity contribution is 5.88. The third-order valence-electron chi connectivity index (χ3n) is 2.22. The molecule has 0 aliphatic heterocycles. The summed E-state index contributed by atoms with van der Waals surface area (Å²) in [5, 5.41) is 2.63. The van der Waals surface area contributed by atoms with Crippen molar-refractivity contribution in [3.05, 3.63) is 48.4 Å². The predicted octanol–water partition coefficient (Wildman–Crippen LogP) is 2.85. The molecule has 0 aliphatic rings. The second-order valence-electron chi connectivity index (χ2n) is 3.62. The SMILES string of the molecule is CC(=O)Nc1ccc(-c2ccc(F)cc2)nc1. The summed E-state index contributed by atoms with van der Waals surface area (Å²) in [6.07, 6.45) is 1.57. The van der Waals surface area contributed by atoms with Gasteiger partial charge in [-0.15, -0.1) is 0 Å². The molecule has 0 unspecified atom stereocenters. The quantitative estimate of drug-likeness (QED) is 0.861. The molecule has 1 N–H and O–H groups in total. The van der Waals surface area contributed by atoms with Crippen molar-refractivity contribution in [3.8, 4) is 11.3 Å². The van der Waals surface area contributed by atoms with Crippen LogP contribution in [0.4, 0.5) is 10.1 Å². The van der Waals surface area contributed by atoms with Gasteiger partial charge in [-0.05, 0) is 36.4 Å². The molecular weight excluding hydrogens is 219 g/mol. The molecule has 0 saturated carbocycles. The highest BCUT2D eigenvalue weighted by Crippen LogP contribution is 2.18. The molecule has 0 bridgehead atoms. The lowest BCUT2D eigenvalue weighted by Crippen LogP contribution is -2.05. The minimum absolute atomic E-state index is 0.138. The van der Waals surface area contributed by atoms with E-state index >= 15 is 0 Å². The van der Waals surface area contributed by atoms with E-state index in [1.165, 1.54) is 19.1 Å². The van der Waals surface area contributed by atoms with Crippen LogP contribution in [-0.2, 0) is 4.79 Å². The van der Waals surface area contributed by atoms with Gasteiger partial charge in [-0.2, -0.15) is 0 Å². The summed E-state index contributed by atoms with van der Waals surface area (Å²) in [5.74, 6) is -0.412. The van der Waals surface area contributed by atoms with Crippen LogP contribution in [0.5, 0.6) is 0 Å². The van der Waals surface area contributed by atoms with Crippen molar-refractivity contribution in [2.75, 3.05) is 5.32 Å². The van der Waals surface area contributed by atoms with Gasteiger partial charge in [-0.1, -0.05) is 0 Å². The van der Waals surface area contributed by atoms with E-state index in [1.54, 1.807) is 30.5 Å². The number of carbonyl (C=O) groups excluding carboxylic acids is 1. The molecule has 1 aromatic heterocycles. The molecule has 3 nitrogen and oxygen atoms in total. The zero-order chi connectivity index (χ0) is 12.3. The fourth-order valence-electron chi connectivity index (χ4n) is 1.46. The number of hydrogen-bond donors (Lipinski definition) is 1. The van der Waals surface area contributed by atoms with Crippen LogP contribution in [0, 0.1) is 5.82 Å². The number of rotatable bonds is 2. The van der Waals surface area contributed by atoms with Gasteiger partial charge in [0.1, 0.15) is 5.82 Å². The van der Waals surface area contributed by atoms with Crippen molar-refractivity contribution in [1.82, 2.24) is 4.98 Å². The van der Waals surface area contributed by atoms with Crippen molar-refractivity contribution in [1.29, 1.82) is 0 Å². The molecular formula is C13H11FN2O. The summed E-state index contributed by atoms with van der Waals surface area (Å²) < 4.78 is 12.7. The Balaban J connectivity index is 2.23. The van der Waals surface area contributed by atoms with E-state index < -0.39 is 0 Å². The summed E-state index contributed by atoms with van der Waals surface area (Å²) in [7, 11) is 0. The molecule has 17 heavy (non-hydrogen) atoms. The third-order valence-corrected chi connectivity index (χ3v) is 2.22. The van der Waals surface area contributed by atoms with Crippen LogP contribution in [0.2, 0.25) is 0 Å². The van der Waals surface area contributed by atoms with Gasteiger partial charge in [0.15, 0.2) is 0 Å². The second kappa shape index (κ2) is 4.74. The van der Waals surface area contributed by atoms with Gasteiger partial charge in [-0.3, -0.25) is 9.78 Å². The van der Waals surface area contributed by atoms with Crippen molar-refractivity contribution in [3.63, 3.8) is 0 Å². The van der Waals surface area contributed by atoms with E-state index in [9.17, 15) is 9.18 Å².